The van der Waals surface area contributed by atoms with Crippen molar-refractivity contribution in [3.8, 4) is 5.75 Å². The van der Waals surface area contributed by atoms with Crippen LogP contribution in [0.4, 0.5) is 5.69 Å². The number of ether oxygens (including phenoxy) is 1. The number of methoxy groups -OCH3 is 1. The van der Waals surface area contributed by atoms with Gasteiger partial charge in [0.25, 0.3) is 0 Å². The lowest BCUT2D eigenvalue weighted by molar-refractivity contribution is -0.116. The van der Waals surface area contributed by atoms with Crippen LogP contribution in [0.1, 0.15) is 12.0 Å². The van der Waals surface area contributed by atoms with Crippen LogP contribution in [0.3, 0.4) is 0 Å². The molecule has 0 unspecified atom stereocenters. The zero-order valence-electron chi connectivity index (χ0n) is 13.7. The number of nitrogens with one attached hydrogen (secondary N) is 1. The minimum atomic E-state index is 0.0194. The van der Waals surface area contributed by atoms with E-state index in [9.17, 15) is 4.79 Å². The van der Waals surface area contributed by atoms with Gasteiger partial charge in [-0.15, -0.1) is 0 Å². The Bertz CT molecular complexity index is 599. The fourth-order valence-electron chi connectivity index (χ4n) is 2.17. The molecule has 1 aromatic carbocycles. The molecule has 0 aliphatic heterocycles. The summed E-state index contributed by atoms with van der Waals surface area (Å²) in [6, 6.07) is 11.4. The molecule has 2 aromatic rings. The summed E-state index contributed by atoms with van der Waals surface area (Å²) >= 11 is 0. The number of benzene rings is 1. The quantitative estimate of drug-likeness (QED) is 0.814. The van der Waals surface area contributed by atoms with Crippen molar-refractivity contribution in [2.24, 2.45) is 0 Å². The van der Waals surface area contributed by atoms with Gasteiger partial charge in [0.2, 0.25) is 5.91 Å². The monoisotopic (exact) mass is 313 g/mol. The average molecular weight is 313 g/mol. The van der Waals surface area contributed by atoms with Gasteiger partial charge in [-0.2, -0.15) is 0 Å². The van der Waals surface area contributed by atoms with Crippen LogP contribution in [0.25, 0.3) is 0 Å². The second-order valence-electron chi connectivity index (χ2n) is 5.44. The van der Waals surface area contributed by atoms with Crippen LogP contribution in [0.15, 0.2) is 48.8 Å². The van der Waals surface area contributed by atoms with Crippen LogP contribution in [-0.2, 0) is 11.2 Å². The first kappa shape index (κ1) is 17.0. The van der Waals surface area contributed by atoms with Gasteiger partial charge < -0.3 is 15.0 Å². The van der Waals surface area contributed by atoms with E-state index in [1.807, 2.05) is 43.4 Å². The number of aromatic nitrogens is 1. The average Bonchev–Trinajstić information content (AvgIpc) is 2.60. The predicted octanol–water partition coefficient (Wildman–Crippen LogP) is 2.59. The number of rotatable bonds is 8. The van der Waals surface area contributed by atoms with E-state index in [1.54, 1.807) is 19.5 Å². The third-order valence-electron chi connectivity index (χ3n) is 3.63. The van der Waals surface area contributed by atoms with Gasteiger partial charge in [0, 0.05) is 37.6 Å². The lowest BCUT2D eigenvalue weighted by Crippen LogP contribution is -2.26. The highest BCUT2D eigenvalue weighted by Crippen LogP contribution is 2.15. The highest BCUT2D eigenvalue weighted by molar-refractivity contribution is 5.90. The first-order valence-electron chi connectivity index (χ1n) is 7.69. The lowest BCUT2D eigenvalue weighted by Gasteiger charge is -2.16. The van der Waals surface area contributed by atoms with Gasteiger partial charge in [-0.25, -0.2) is 0 Å². The summed E-state index contributed by atoms with van der Waals surface area (Å²) in [7, 11) is 3.65. The summed E-state index contributed by atoms with van der Waals surface area (Å²) in [4.78, 5) is 18.1. The summed E-state index contributed by atoms with van der Waals surface area (Å²) in [6.45, 7) is 1.65. The molecule has 122 valence electrons. The van der Waals surface area contributed by atoms with Gasteiger partial charge in [0.05, 0.1) is 7.11 Å². The maximum absolute atomic E-state index is 12.0. The molecule has 0 saturated heterocycles. The molecule has 0 aliphatic carbocycles. The Morgan fingerprint density at radius 1 is 1.13 bits per heavy atom. The molecule has 0 atom stereocenters. The predicted molar refractivity (Wildman–Crippen MR) is 91.7 cm³/mol. The SMILES string of the molecule is COc1ccc(NC(=O)CCN(C)CCc2ccncc2)cc1. The zero-order chi connectivity index (χ0) is 16.5. The molecule has 0 radical (unpaired) electrons. The van der Waals surface area contributed by atoms with Gasteiger partial charge in [0.15, 0.2) is 0 Å². The Balaban J connectivity index is 1.68. The lowest BCUT2D eigenvalue weighted by atomic mass is 10.2. The Morgan fingerprint density at radius 2 is 1.83 bits per heavy atom. The molecule has 2 rings (SSSR count). The molecule has 5 heteroatoms. The molecule has 23 heavy (non-hydrogen) atoms. The van der Waals surface area contributed by atoms with Crippen LogP contribution >= 0.6 is 0 Å². The Kier molecular flexibility index (Phi) is 6.56. The first-order chi connectivity index (χ1) is 11.2. The van der Waals surface area contributed by atoms with Crippen LogP contribution in [0.5, 0.6) is 5.75 Å². The summed E-state index contributed by atoms with van der Waals surface area (Å²) in [5.41, 5.74) is 2.05. The van der Waals surface area contributed by atoms with E-state index < -0.39 is 0 Å². The molecular weight excluding hydrogens is 290 g/mol. The number of hydrogen-bond acceptors (Lipinski definition) is 4. The number of pyridine rings is 1. The largest absolute Gasteiger partial charge is 0.497 e. The van der Waals surface area contributed by atoms with E-state index >= 15 is 0 Å². The van der Waals surface area contributed by atoms with E-state index in [-0.39, 0.29) is 5.91 Å². The zero-order valence-corrected chi connectivity index (χ0v) is 13.7. The van der Waals surface area contributed by atoms with Gasteiger partial charge >= 0.3 is 0 Å². The van der Waals surface area contributed by atoms with Crippen LogP contribution in [0.2, 0.25) is 0 Å². The second-order valence-corrected chi connectivity index (χ2v) is 5.44. The Hall–Kier alpha value is -2.40. The van der Waals surface area contributed by atoms with E-state index in [0.717, 1.165) is 30.9 Å². The van der Waals surface area contributed by atoms with Gasteiger partial charge in [-0.3, -0.25) is 9.78 Å². The molecule has 0 saturated carbocycles. The summed E-state index contributed by atoms with van der Waals surface area (Å²) < 4.78 is 5.09. The fourth-order valence-corrected chi connectivity index (χ4v) is 2.17. The van der Waals surface area contributed by atoms with Crippen molar-refractivity contribution in [1.82, 2.24) is 9.88 Å². The van der Waals surface area contributed by atoms with Crippen molar-refractivity contribution < 1.29 is 9.53 Å². The van der Waals surface area contributed by atoms with E-state index in [4.69, 9.17) is 4.74 Å². The van der Waals surface area contributed by atoms with Crippen molar-refractivity contribution in [3.63, 3.8) is 0 Å². The van der Waals surface area contributed by atoms with Crippen molar-refractivity contribution in [2.75, 3.05) is 32.6 Å². The number of amides is 1. The minimum absolute atomic E-state index is 0.0194. The number of anilines is 1. The van der Waals surface area contributed by atoms with Crippen LogP contribution in [0, 0.1) is 0 Å². The summed E-state index contributed by atoms with van der Waals surface area (Å²) in [5.74, 6) is 0.796. The van der Waals surface area contributed by atoms with Crippen molar-refractivity contribution in [2.45, 2.75) is 12.8 Å². The Morgan fingerprint density at radius 3 is 2.48 bits per heavy atom. The highest BCUT2D eigenvalue weighted by atomic mass is 16.5. The standard InChI is InChI=1S/C18H23N3O2/c1-21(13-9-15-7-11-19-12-8-15)14-10-18(22)20-16-3-5-17(23-2)6-4-16/h3-8,11-12H,9-10,13-14H2,1-2H3,(H,20,22). The molecule has 0 bridgehead atoms. The third kappa shape index (κ3) is 6.08. The number of carbonyl (C=O) groups is 1. The molecule has 1 aromatic heterocycles. The maximum atomic E-state index is 12.0. The van der Waals surface area contributed by atoms with E-state index in [1.165, 1.54) is 5.56 Å². The molecule has 0 aliphatic rings. The second kappa shape index (κ2) is 8.90. The molecule has 1 heterocycles. The van der Waals surface area contributed by atoms with Crippen LogP contribution in [-0.4, -0.2) is 43.0 Å². The van der Waals surface area contributed by atoms with Gasteiger partial charge in [-0.1, -0.05) is 0 Å². The maximum Gasteiger partial charge on any atom is 0.225 e. The summed E-state index contributed by atoms with van der Waals surface area (Å²) in [5, 5.41) is 2.89. The number of likely N-dealkylation sites (N-methyl/N-ethyl adjacent to an activating group) is 1. The molecule has 0 fully saturated rings. The number of carbonyl (C=O) groups excluding carboxylic acids is 1. The summed E-state index contributed by atoms with van der Waals surface area (Å²) in [6.07, 6.45) is 5.03. The van der Waals surface area contributed by atoms with Gasteiger partial charge in [0.1, 0.15) is 5.75 Å². The van der Waals surface area contributed by atoms with Crippen molar-refractivity contribution in [3.05, 3.63) is 54.4 Å². The topological polar surface area (TPSA) is 54.5 Å². The Labute approximate surface area is 137 Å². The third-order valence-corrected chi connectivity index (χ3v) is 3.63. The molecule has 1 amide bonds. The van der Waals surface area contributed by atoms with Crippen molar-refractivity contribution >= 4 is 11.6 Å². The van der Waals surface area contributed by atoms with Crippen molar-refractivity contribution in [1.29, 1.82) is 0 Å². The highest BCUT2D eigenvalue weighted by Gasteiger charge is 2.06. The molecular formula is C18H23N3O2. The molecule has 5 nitrogen and oxygen atoms in total. The van der Waals surface area contributed by atoms with Crippen LogP contribution < -0.4 is 10.1 Å². The number of nitrogens with zero attached hydrogens (tertiary/aromatic N) is 2. The molecule has 0 spiro atoms. The number of hydrogen-bond donors (Lipinski definition) is 1. The fraction of sp³-hybridized carbons (Fsp3) is 0.333. The van der Waals surface area contributed by atoms with E-state index in [0.29, 0.717) is 6.42 Å². The normalized spacial score (nSPS) is 10.6. The minimum Gasteiger partial charge on any atom is -0.497 e. The smallest absolute Gasteiger partial charge is 0.225 e. The molecule has 1 N–H and O–H groups in total. The first-order valence-corrected chi connectivity index (χ1v) is 7.69. The van der Waals surface area contributed by atoms with Gasteiger partial charge in [-0.05, 0) is 55.4 Å². The van der Waals surface area contributed by atoms with E-state index in [2.05, 4.69) is 15.2 Å².